The van der Waals surface area contributed by atoms with Crippen molar-refractivity contribution in [2.45, 2.75) is 31.5 Å². The van der Waals surface area contributed by atoms with Gasteiger partial charge in [0.05, 0.1) is 5.69 Å². The van der Waals surface area contributed by atoms with Gasteiger partial charge in [-0.05, 0) is 49.6 Å². The van der Waals surface area contributed by atoms with Gasteiger partial charge in [-0.1, -0.05) is 0 Å². The summed E-state index contributed by atoms with van der Waals surface area (Å²) >= 11 is 1.28. The van der Waals surface area contributed by atoms with Gasteiger partial charge in [0, 0.05) is 28.7 Å². The highest BCUT2D eigenvalue weighted by Gasteiger charge is 2.48. The number of carbonyl (C=O) groups excluding carboxylic acids is 1. The van der Waals surface area contributed by atoms with Crippen LogP contribution in [0.4, 0.5) is 24.8 Å². The number of alkyl halides is 3. The second-order valence-corrected chi connectivity index (χ2v) is 8.41. The lowest BCUT2D eigenvalue weighted by atomic mass is 9.71. The molecule has 31 heavy (non-hydrogen) atoms. The first-order chi connectivity index (χ1) is 14.5. The van der Waals surface area contributed by atoms with Gasteiger partial charge in [0.15, 0.2) is 0 Å². The molecular weight excluding hydrogens is 431 g/mol. The van der Waals surface area contributed by atoms with Gasteiger partial charge >= 0.3 is 6.18 Å². The lowest BCUT2D eigenvalue weighted by Crippen LogP contribution is -2.46. The van der Waals surface area contributed by atoms with Crippen molar-refractivity contribution in [3.05, 3.63) is 52.1 Å². The number of halogens is 3. The van der Waals surface area contributed by atoms with Crippen molar-refractivity contribution in [1.29, 1.82) is 0 Å². The fourth-order valence-corrected chi connectivity index (χ4v) is 4.41. The van der Waals surface area contributed by atoms with Crippen LogP contribution in [0.5, 0.6) is 0 Å². The molecule has 0 bridgehead atoms. The highest BCUT2D eigenvalue weighted by molar-refractivity contribution is 7.10. The molecule has 1 aromatic carbocycles. The van der Waals surface area contributed by atoms with E-state index >= 15 is 0 Å². The second kappa shape index (κ2) is 7.57. The number of nitrogens with one attached hydrogen (secondary N) is 1. The van der Waals surface area contributed by atoms with E-state index in [0.29, 0.717) is 22.0 Å². The Morgan fingerprint density at radius 1 is 1.29 bits per heavy atom. The Hall–Kier alpha value is -3.05. The van der Waals surface area contributed by atoms with Gasteiger partial charge in [0.1, 0.15) is 16.3 Å². The average Bonchev–Trinajstić information content (AvgIpc) is 3.15. The minimum Gasteiger partial charge on any atom is -0.383 e. The molecule has 0 unspecified atom stereocenters. The Morgan fingerprint density at radius 3 is 2.71 bits per heavy atom. The Labute approximate surface area is 179 Å². The van der Waals surface area contributed by atoms with Gasteiger partial charge < -0.3 is 16.2 Å². The van der Waals surface area contributed by atoms with Crippen molar-refractivity contribution in [2.75, 3.05) is 5.32 Å². The van der Waals surface area contributed by atoms with Gasteiger partial charge in [0.25, 0.3) is 0 Å². The molecule has 1 fully saturated rings. The number of hydrogen-bond acceptors (Lipinski definition) is 7. The number of amides is 1. The normalized spacial score (nSPS) is 20.9. The third-order valence-electron chi connectivity index (χ3n) is 5.05. The number of thiazole rings is 1. The molecule has 1 saturated carbocycles. The van der Waals surface area contributed by atoms with Crippen molar-refractivity contribution in [3.63, 3.8) is 0 Å². The third-order valence-corrected chi connectivity index (χ3v) is 6.08. The Morgan fingerprint density at radius 2 is 2.03 bits per heavy atom. The fourth-order valence-electron chi connectivity index (χ4n) is 3.46. The minimum absolute atomic E-state index is 0.174. The summed E-state index contributed by atoms with van der Waals surface area (Å²) in [6, 6.07) is 6.13. The molecule has 1 aliphatic rings. The van der Waals surface area contributed by atoms with E-state index in [9.17, 15) is 23.1 Å². The first-order valence-electron chi connectivity index (χ1n) is 9.30. The smallest absolute Gasteiger partial charge is 0.383 e. The summed E-state index contributed by atoms with van der Waals surface area (Å²) in [5.41, 5.74) is 5.74. The van der Waals surface area contributed by atoms with E-state index in [-0.39, 0.29) is 24.7 Å². The molecule has 0 radical (unpaired) electrons. The molecule has 0 atom stereocenters. The maximum Gasteiger partial charge on any atom is 0.433 e. The number of aliphatic hydroxyl groups is 1. The predicted octanol–water partition coefficient (Wildman–Crippen LogP) is 3.75. The van der Waals surface area contributed by atoms with Gasteiger partial charge in [-0.2, -0.15) is 13.2 Å². The molecule has 1 amide bonds. The number of nitrogens with two attached hydrogens (primary N) is 1. The zero-order valence-corrected chi connectivity index (χ0v) is 17.1. The molecule has 162 valence electrons. The van der Waals surface area contributed by atoms with E-state index in [1.54, 1.807) is 17.5 Å². The van der Waals surface area contributed by atoms with E-state index in [4.69, 9.17) is 5.73 Å². The third kappa shape index (κ3) is 4.37. The van der Waals surface area contributed by atoms with Crippen molar-refractivity contribution in [2.24, 2.45) is 11.7 Å². The molecule has 11 heteroatoms. The van der Waals surface area contributed by atoms with Crippen molar-refractivity contribution in [3.8, 4) is 11.3 Å². The summed E-state index contributed by atoms with van der Waals surface area (Å²) in [5, 5.41) is 15.8. The predicted molar refractivity (Wildman–Crippen MR) is 108 cm³/mol. The zero-order chi connectivity index (χ0) is 22.4. The van der Waals surface area contributed by atoms with Crippen LogP contribution in [0.1, 0.15) is 29.1 Å². The summed E-state index contributed by atoms with van der Waals surface area (Å²) in [7, 11) is 0. The Kier molecular flexibility index (Phi) is 5.18. The van der Waals surface area contributed by atoms with Crippen LogP contribution in [0.25, 0.3) is 11.3 Å². The lowest BCUT2D eigenvalue weighted by molar-refractivity contribution is -0.141. The molecule has 0 aliphatic heterocycles. The Bertz CT molecular complexity index is 1140. The van der Waals surface area contributed by atoms with E-state index in [1.807, 2.05) is 13.0 Å². The quantitative estimate of drug-likeness (QED) is 0.547. The number of aromatic nitrogens is 3. The SMILES string of the molecule is Cc1cc(Nc2nccc(C(F)(F)F)n2)cc(-c2csc(C3(O)CC(C(N)=O)C3)n2)c1. The first kappa shape index (κ1) is 21.2. The zero-order valence-electron chi connectivity index (χ0n) is 16.3. The number of primary amides is 1. The van der Waals surface area contributed by atoms with Crippen LogP contribution in [0.2, 0.25) is 0 Å². The number of rotatable bonds is 5. The molecule has 7 nitrogen and oxygen atoms in total. The number of aryl methyl sites for hydroxylation is 1. The summed E-state index contributed by atoms with van der Waals surface area (Å²) in [6.45, 7) is 1.84. The van der Waals surface area contributed by atoms with Crippen molar-refractivity contribution in [1.82, 2.24) is 15.0 Å². The topological polar surface area (TPSA) is 114 Å². The molecule has 2 heterocycles. The van der Waals surface area contributed by atoms with Crippen molar-refractivity contribution >= 4 is 28.9 Å². The van der Waals surface area contributed by atoms with Gasteiger partial charge in [0.2, 0.25) is 11.9 Å². The summed E-state index contributed by atoms with van der Waals surface area (Å²) in [5.74, 6) is -0.973. The summed E-state index contributed by atoms with van der Waals surface area (Å²) in [4.78, 5) is 23.1. The van der Waals surface area contributed by atoms with Crippen LogP contribution in [-0.4, -0.2) is 26.0 Å². The van der Waals surface area contributed by atoms with Gasteiger partial charge in [-0.15, -0.1) is 11.3 Å². The standard InChI is InChI=1S/C20H18F3N5O2S/c1-10-4-11(14-9-31-17(27-14)19(30)7-12(8-19)16(24)29)6-13(5-10)26-18-25-3-2-15(28-18)20(21,22)23/h2-6,9,12,30H,7-8H2,1H3,(H2,24,29)(H,25,26,28). The summed E-state index contributed by atoms with van der Waals surface area (Å²) < 4.78 is 38.7. The van der Waals surface area contributed by atoms with E-state index in [1.165, 1.54) is 11.3 Å². The molecular formula is C20H18F3N5O2S. The summed E-state index contributed by atoms with van der Waals surface area (Å²) in [6.07, 6.45) is -3.05. The van der Waals surface area contributed by atoms with E-state index in [0.717, 1.165) is 17.8 Å². The molecule has 0 spiro atoms. The van der Waals surface area contributed by atoms with Crippen molar-refractivity contribution < 1.29 is 23.1 Å². The molecule has 4 rings (SSSR count). The van der Waals surface area contributed by atoms with E-state index < -0.39 is 23.4 Å². The highest BCUT2D eigenvalue weighted by atomic mass is 32.1. The van der Waals surface area contributed by atoms with Gasteiger partial charge in [-0.3, -0.25) is 4.79 Å². The average molecular weight is 449 g/mol. The lowest BCUT2D eigenvalue weighted by Gasteiger charge is -2.40. The first-order valence-corrected chi connectivity index (χ1v) is 10.2. The van der Waals surface area contributed by atoms with Crippen LogP contribution < -0.4 is 11.1 Å². The number of anilines is 2. The van der Waals surface area contributed by atoms with Crippen LogP contribution >= 0.6 is 11.3 Å². The number of carbonyl (C=O) groups is 1. The Balaban J connectivity index is 1.57. The maximum atomic E-state index is 12.9. The van der Waals surface area contributed by atoms with Crippen LogP contribution in [0.15, 0.2) is 35.8 Å². The molecule has 3 aromatic rings. The number of hydrogen-bond donors (Lipinski definition) is 3. The number of benzene rings is 1. The second-order valence-electron chi connectivity index (χ2n) is 7.55. The van der Waals surface area contributed by atoms with Crippen LogP contribution in [-0.2, 0) is 16.6 Å². The maximum absolute atomic E-state index is 12.9. The van der Waals surface area contributed by atoms with Gasteiger partial charge in [-0.25, -0.2) is 15.0 Å². The monoisotopic (exact) mass is 449 g/mol. The molecule has 1 aliphatic carbocycles. The van der Waals surface area contributed by atoms with Crippen LogP contribution in [0.3, 0.4) is 0 Å². The van der Waals surface area contributed by atoms with Crippen LogP contribution in [0, 0.1) is 12.8 Å². The largest absolute Gasteiger partial charge is 0.433 e. The minimum atomic E-state index is -4.57. The molecule has 0 saturated heterocycles. The molecule has 2 aromatic heterocycles. The molecule has 4 N–H and O–H groups in total. The number of nitrogens with zero attached hydrogens (tertiary/aromatic N) is 3. The highest BCUT2D eigenvalue weighted by Crippen LogP contribution is 2.47. The fraction of sp³-hybridized carbons (Fsp3) is 0.300. The van der Waals surface area contributed by atoms with E-state index in [2.05, 4.69) is 20.3 Å².